The number of esters is 1. The van der Waals surface area contributed by atoms with Crippen molar-refractivity contribution in [3.63, 3.8) is 0 Å². The van der Waals surface area contributed by atoms with Gasteiger partial charge in [-0.15, -0.1) is 11.3 Å². The first-order chi connectivity index (χ1) is 11.6. The molecule has 2 N–H and O–H groups in total. The summed E-state index contributed by atoms with van der Waals surface area (Å²) in [5, 5.41) is 14.8. The largest absolute Gasteiger partial charge is 0.501 e. The minimum atomic E-state index is -0.660. The number of rotatable bonds is 4. The SMILES string of the molecule is CC(=O)Oc1c(NC(=O)c2ccccc2)oc(-c2nccs2)c1O. The quantitative estimate of drug-likeness (QED) is 0.704. The topological polar surface area (TPSA) is 102 Å². The number of furan rings is 1. The molecule has 1 aromatic carbocycles. The Labute approximate surface area is 140 Å². The standard InChI is InChI=1S/C16H12N2O5S/c1-9(19)22-12-11(20)13(16-17-7-8-24-16)23-15(12)18-14(21)10-5-3-2-4-6-10/h2-8,20H,1H3,(H,18,21). The van der Waals surface area contributed by atoms with Gasteiger partial charge >= 0.3 is 5.97 Å². The van der Waals surface area contributed by atoms with Crippen molar-refractivity contribution in [2.45, 2.75) is 6.92 Å². The van der Waals surface area contributed by atoms with E-state index in [2.05, 4.69) is 10.3 Å². The molecule has 0 saturated heterocycles. The number of ether oxygens (including phenoxy) is 1. The molecule has 2 heterocycles. The molecule has 2 aromatic heterocycles. The highest BCUT2D eigenvalue weighted by Gasteiger charge is 2.26. The maximum Gasteiger partial charge on any atom is 0.308 e. The second-order valence-electron chi connectivity index (χ2n) is 4.69. The Balaban J connectivity index is 1.98. The lowest BCUT2D eigenvalue weighted by Crippen LogP contribution is -2.12. The van der Waals surface area contributed by atoms with Crippen LogP contribution in [0.1, 0.15) is 17.3 Å². The van der Waals surface area contributed by atoms with Crippen molar-refractivity contribution < 1.29 is 23.8 Å². The lowest BCUT2D eigenvalue weighted by Gasteiger charge is -2.04. The van der Waals surface area contributed by atoms with Crippen LogP contribution >= 0.6 is 11.3 Å². The number of aromatic hydroxyl groups is 1. The van der Waals surface area contributed by atoms with Crippen molar-refractivity contribution in [2.75, 3.05) is 5.32 Å². The van der Waals surface area contributed by atoms with E-state index < -0.39 is 17.6 Å². The second kappa shape index (κ2) is 6.55. The molecule has 3 rings (SSSR count). The highest BCUT2D eigenvalue weighted by Crippen LogP contribution is 2.46. The van der Waals surface area contributed by atoms with E-state index in [1.165, 1.54) is 24.5 Å². The van der Waals surface area contributed by atoms with Gasteiger partial charge in [0.05, 0.1) is 0 Å². The number of hydrogen-bond acceptors (Lipinski definition) is 7. The fourth-order valence-corrected chi connectivity index (χ4v) is 2.59. The summed E-state index contributed by atoms with van der Waals surface area (Å²) < 4.78 is 10.4. The van der Waals surface area contributed by atoms with Crippen molar-refractivity contribution in [1.29, 1.82) is 0 Å². The van der Waals surface area contributed by atoms with E-state index in [1.54, 1.807) is 35.7 Å². The first kappa shape index (κ1) is 15.8. The van der Waals surface area contributed by atoms with Crippen LogP contribution in [0.5, 0.6) is 11.5 Å². The molecule has 0 fully saturated rings. The Hall–Kier alpha value is -3.13. The first-order valence-corrected chi connectivity index (χ1v) is 7.74. The molecule has 0 aliphatic rings. The number of amides is 1. The molecular weight excluding hydrogens is 332 g/mol. The van der Waals surface area contributed by atoms with Crippen molar-refractivity contribution in [3.05, 3.63) is 47.5 Å². The summed E-state index contributed by atoms with van der Waals surface area (Å²) in [6, 6.07) is 8.43. The van der Waals surface area contributed by atoms with Gasteiger partial charge in [-0.3, -0.25) is 14.9 Å². The molecule has 3 aromatic rings. The van der Waals surface area contributed by atoms with Gasteiger partial charge in [-0.25, -0.2) is 4.98 Å². The zero-order chi connectivity index (χ0) is 17.1. The summed E-state index contributed by atoms with van der Waals surface area (Å²) in [6.45, 7) is 1.18. The van der Waals surface area contributed by atoms with E-state index in [9.17, 15) is 14.7 Å². The average molecular weight is 344 g/mol. The number of aromatic nitrogens is 1. The molecule has 8 heteroatoms. The molecule has 1 amide bonds. The van der Waals surface area contributed by atoms with Crippen molar-refractivity contribution in [2.24, 2.45) is 0 Å². The Morgan fingerprint density at radius 3 is 2.67 bits per heavy atom. The monoisotopic (exact) mass is 344 g/mol. The average Bonchev–Trinajstić information content (AvgIpc) is 3.19. The molecule has 24 heavy (non-hydrogen) atoms. The number of carbonyl (C=O) groups is 2. The summed E-state index contributed by atoms with van der Waals surface area (Å²) in [7, 11) is 0. The normalized spacial score (nSPS) is 10.4. The lowest BCUT2D eigenvalue weighted by molar-refractivity contribution is -0.132. The number of nitrogens with zero attached hydrogens (tertiary/aromatic N) is 1. The highest BCUT2D eigenvalue weighted by molar-refractivity contribution is 7.13. The number of anilines is 1. The van der Waals surface area contributed by atoms with Gasteiger partial charge in [-0.05, 0) is 12.1 Å². The van der Waals surface area contributed by atoms with Crippen LogP contribution in [0.4, 0.5) is 5.88 Å². The van der Waals surface area contributed by atoms with Gasteiger partial charge in [0.2, 0.25) is 23.1 Å². The number of carbonyl (C=O) groups excluding carboxylic acids is 2. The van der Waals surface area contributed by atoms with E-state index in [-0.39, 0.29) is 17.4 Å². The van der Waals surface area contributed by atoms with Gasteiger partial charge in [0.1, 0.15) is 0 Å². The van der Waals surface area contributed by atoms with Crippen LogP contribution in [0, 0.1) is 0 Å². The summed E-state index contributed by atoms with van der Waals surface area (Å²) in [5.74, 6) is -1.93. The summed E-state index contributed by atoms with van der Waals surface area (Å²) in [4.78, 5) is 27.6. The molecule has 0 aliphatic carbocycles. The molecule has 0 spiro atoms. The Morgan fingerprint density at radius 1 is 1.29 bits per heavy atom. The molecule has 7 nitrogen and oxygen atoms in total. The predicted molar refractivity (Wildman–Crippen MR) is 87.2 cm³/mol. The van der Waals surface area contributed by atoms with Gasteiger partial charge in [0.15, 0.2) is 5.01 Å². The summed E-state index contributed by atoms with van der Waals surface area (Å²) in [6.07, 6.45) is 1.54. The van der Waals surface area contributed by atoms with Gasteiger partial charge < -0.3 is 14.3 Å². The van der Waals surface area contributed by atoms with Crippen LogP contribution in [0.2, 0.25) is 0 Å². The highest BCUT2D eigenvalue weighted by atomic mass is 32.1. The first-order valence-electron chi connectivity index (χ1n) is 6.86. The number of hydrogen-bond donors (Lipinski definition) is 2. The molecule has 0 aliphatic heterocycles. The summed E-state index contributed by atoms with van der Waals surface area (Å²) >= 11 is 1.23. The molecule has 122 valence electrons. The van der Waals surface area contributed by atoms with Gasteiger partial charge in [-0.1, -0.05) is 18.2 Å². The minimum absolute atomic E-state index is 0.0182. The summed E-state index contributed by atoms with van der Waals surface area (Å²) in [5.41, 5.74) is 0.387. The van der Waals surface area contributed by atoms with Crippen LogP contribution in [0.3, 0.4) is 0 Å². The minimum Gasteiger partial charge on any atom is -0.501 e. The fraction of sp³-hybridized carbons (Fsp3) is 0.0625. The lowest BCUT2D eigenvalue weighted by atomic mass is 10.2. The maximum absolute atomic E-state index is 12.3. The van der Waals surface area contributed by atoms with Crippen LogP contribution in [0.15, 0.2) is 46.3 Å². The smallest absolute Gasteiger partial charge is 0.308 e. The molecule has 0 radical (unpaired) electrons. The van der Waals surface area contributed by atoms with Crippen molar-refractivity contribution in [3.8, 4) is 22.3 Å². The van der Waals surface area contributed by atoms with Gasteiger partial charge in [-0.2, -0.15) is 0 Å². The van der Waals surface area contributed by atoms with Gasteiger partial charge in [0, 0.05) is 24.1 Å². The Kier molecular flexibility index (Phi) is 4.30. The fourth-order valence-electron chi connectivity index (χ4n) is 1.97. The third-order valence-electron chi connectivity index (χ3n) is 2.98. The number of benzene rings is 1. The predicted octanol–water partition coefficient (Wildman–Crippen LogP) is 3.29. The second-order valence-corrected chi connectivity index (χ2v) is 5.58. The van der Waals surface area contributed by atoms with Crippen molar-refractivity contribution >= 4 is 29.1 Å². The van der Waals surface area contributed by atoms with Crippen molar-refractivity contribution in [1.82, 2.24) is 4.98 Å². The third kappa shape index (κ3) is 3.13. The number of nitrogens with one attached hydrogen (secondary N) is 1. The molecule has 0 atom stereocenters. The zero-order valence-electron chi connectivity index (χ0n) is 12.5. The molecule has 0 saturated carbocycles. The molecular formula is C16H12N2O5S. The van der Waals surface area contributed by atoms with Crippen LogP contribution in [-0.2, 0) is 4.79 Å². The van der Waals surface area contributed by atoms with Crippen LogP contribution in [0.25, 0.3) is 10.8 Å². The molecule has 0 unspecified atom stereocenters. The van der Waals surface area contributed by atoms with E-state index in [4.69, 9.17) is 9.15 Å². The number of thiazole rings is 1. The Morgan fingerprint density at radius 2 is 2.04 bits per heavy atom. The molecule has 0 bridgehead atoms. The van der Waals surface area contributed by atoms with Crippen LogP contribution < -0.4 is 10.1 Å². The zero-order valence-corrected chi connectivity index (χ0v) is 13.3. The van der Waals surface area contributed by atoms with E-state index in [0.29, 0.717) is 10.6 Å². The van der Waals surface area contributed by atoms with Gasteiger partial charge in [0.25, 0.3) is 5.91 Å². The van der Waals surface area contributed by atoms with Crippen LogP contribution in [-0.4, -0.2) is 22.0 Å². The van der Waals surface area contributed by atoms with E-state index in [0.717, 1.165) is 0 Å². The van der Waals surface area contributed by atoms with E-state index in [1.807, 2.05) is 0 Å². The third-order valence-corrected chi connectivity index (χ3v) is 3.75. The van der Waals surface area contributed by atoms with E-state index >= 15 is 0 Å². The Bertz CT molecular complexity index is 872. The maximum atomic E-state index is 12.3.